The van der Waals surface area contributed by atoms with Crippen molar-refractivity contribution in [2.24, 2.45) is 0 Å². The fourth-order valence-electron chi connectivity index (χ4n) is 1.89. The average Bonchev–Trinajstić information content (AvgIpc) is 2.54. The van der Waals surface area contributed by atoms with Crippen LogP contribution < -0.4 is 10.2 Å². The molecular formula is C15H14BrClN2O4S. The van der Waals surface area contributed by atoms with Crippen LogP contribution in [0.1, 0.15) is 15.9 Å². The van der Waals surface area contributed by atoms with E-state index in [2.05, 4.69) is 26.1 Å². The number of carbonyl (C=O) groups excluding carboxylic acids is 1. The molecule has 24 heavy (non-hydrogen) atoms. The van der Waals surface area contributed by atoms with Crippen molar-refractivity contribution in [2.45, 2.75) is 11.4 Å². The summed E-state index contributed by atoms with van der Waals surface area (Å²) in [4.78, 5) is 18.4. The molecule has 0 atom stereocenters. The van der Waals surface area contributed by atoms with Crippen LogP contribution in [0.5, 0.6) is 0 Å². The van der Waals surface area contributed by atoms with Crippen molar-refractivity contribution in [3.8, 4) is 0 Å². The van der Waals surface area contributed by atoms with Gasteiger partial charge in [0.15, 0.2) is 0 Å². The van der Waals surface area contributed by atoms with E-state index < -0.39 is 10.0 Å². The van der Waals surface area contributed by atoms with E-state index in [-0.39, 0.29) is 17.3 Å². The molecule has 2 rings (SSSR count). The van der Waals surface area contributed by atoms with E-state index in [4.69, 9.17) is 11.6 Å². The van der Waals surface area contributed by atoms with Gasteiger partial charge in [0.1, 0.15) is 0 Å². The number of amides is 1. The summed E-state index contributed by atoms with van der Waals surface area (Å²) in [5.41, 5.74) is 1.11. The number of benzene rings is 2. The second-order valence-electron chi connectivity index (χ2n) is 4.73. The summed E-state index contributed by atoms with van der Waals surface area (Å²) in [6, 6.07) is 10.9. The van der Waals surface area contributed by atoms with Crippen molar-refractivity contribution >= 4 is 43.5 Å². The summed E-state index contributed by atoms with van der Waals surface area (Å²) in [7, 11) is -2.54. The highest BCUT2D eigenvalue weighted by Crippen LogP contribution is 2.21. The minimum atomic E-state index is -3.74. The van der Waals surface area contributed by atoms with Gasteiger partial charge < -0.3 is 5.32 Å². The summed E-state index contributed by atoms with van der Waals surface area (Å²) < 4.78 is 24.3. The zero-order valence-corrected chi connectivity index (χ0v) is 15.7. The molecule has 1 amide bonds. The van der Waals surface area contributed by atoms with Crippen LogP contribution in [-0.2, 0) is 21.4 Å². The van der Waals surface area contributed by atoms with Crippen LogP contribution in [0, 0.1) is 0 Å². The van der Waals surface area contributed by atoms with Gasteiger partial charge in [-0.15, -0.1) is 0 Å². The minimum Gasteiger partial charge on any atom is -0.348 e. The third-order valence-electron chi connectivity index (χ3n) is 3.07. The lowest BCUT2D eigenvalue weighted by Crippen LogP contribution is -2.24. The molecule has 2 aromatic rings. The Labute approximate surface area is 153 Å². The summed E-state index contributed by atoms with van der Waals surface area (Å²) in [5, 5.41) is 3.27. The zero-order valence-electron chi connectivity index (χ0n) is 12.5. The lowest BCUT2D eigenvalue weighted by Gasteiger charge is -2.08. The van der Waals surface area contributed by atoms with Gasteiger partial charge in [0, 0.05) is 21.6 Å². The Balaban J connectivity index is 2.05. The molecule has 0 aromatic heterocycles. The molecule has 2 N–H and O–H groups in total. The largest absolute Gasteiger partial charge is 0.348 e. The molecule has 0 spiro atoms. The van der Waals surface area contributed by atoms with E-state index in [1.807, 2.05) is 11.0 Å². The number of halogens is 2. The average molecular weight is 434 g/mol. The maximum atomic E-state index is 12.1. The third-order valence-corrected chi connectivity index (χ3v) is 5.20. The van der Waals surface area contributed by atoms with E-state index in [0.717, 1.165) is 10.0 Å². The van der Waals surface area contributed by atoms with Crippen molar-refractivity contribution in [1.82, 2.24) is 10.2 Å². The summed E-state index contributed by atoms with van der Waals surface area (Å²) >= 11 is 9.40. The molecule has 0 radical (unpaired) electrons. The SMILES string of the molecule is CONS(=O)(=O)c1ccc(C(=O)NCc2ccc(Br)cc2Cl)cc1. The van der Waals surface area contributed by atoms with Gasteiger partial charge in [-0.1, -0.05) is 38.5 Å². The molecule has 6 nitrogen and oxygen atoms in total. The molecule has 0 heterocycles. The van der Waals surface area contributed by atoms with Crippen molar-refractivity contribution in [2.75, 3.05) is 7.11 Å². The van der Waals surface area contributed by atoms with Crippen molar-refractivity contribution < 1.29 is 18.0 Å². The molecule has 0 fully saturated rings. The molecule has 0 bridgehead atoms. The molecule has 0 aliphatic rings. The summed E-state index contributed by atoms with van der Waals surface area (Å²) in [5.74, 6) is -0.336. The van der Waals surface area contributed by atoms with Gasteiger partial charge in [-0.25, -0.2) is 8.42 Å². The van der Waals surface area contributed by atoms with Crippen LogP contribution in [0.3, 0.4) is 0 Å². The number of hydrogen-bond donors (Lipinski definition) is 2. The molecule has 2 aromatic carbocycles. The van der Waals surface area contributed by atoms with Crippen molar-refractivity contribution in [3.05, 3.63) is 63.1 Å². The first-order chi connectivity index (χ1) is 11.3. The van der Waals surface area contributed by atoms with Crippen molar-refractivity contribution in [1.29, 1.82) is 0 Å². The number of hydrogen-bond acceptors (Lipinski definition) is 4. The monoisotopic (exact) mass is 432 g/mol. The molecule has 9 heteroatoms. The van der Waals surface area contributed by atoms with E-state index in [9.17, 15) is 13.2 Å². The van der Waals surface area contributed by atoms with E-state index in [1.54, 1.807) is 12.1 Å². The van der Waals surface area contributed by atoms with Crippen LogP contribution in [0.4, 0.5) is 0 Å². The lowest BCUT2D eigenvalue weighted by molar-refractivity contribution is 0.0951. The molecule has 0 aliphatic heterocycles. The fraction of sp³-hybridized carbons (Fsp3) is 0.133. The quantitative estimate of drug-likeness (QED) is 0.686. The van der Waals surface area contributed by atoms with Crippen LogP contribution >= 0.6 is 27.5 Å². The second-order valence-corrected chi connectivity index (χ2v) is 7.70. The predicted molar refractivity (Wildman–Crippen MR) is 94.1 cm³/mol. The topological polar surface area (TPSA) is 84.5 Å². The summed E-state index contributed by atoms with van der Waals surface area (Å²) in [6.45, 7) is 0.260. The Kier molecular flexibility index (Phi) is 6.36. The number of nitrogens with one attached hydrogen (secondary N) is 2. The fourth-order valence-corrected chi connectivity index (χ4v) is 3.44. The Hall–Kier alpha value is -1.45. The summed E-state index contributed by atoms with van der Waals surface area (Å²) in [6.07, 6.45) is 0. The van der Waals surface area contributed by atoms with Gasteiger partial charge in [0.05, 0.1) is 12.0 Å². The maximum Gasteiger partial charge on any atom is 0.262 e. The first-order valence-electron chi connectivity index (χ1n) is 6.70. The van der Waals surface area contributed by atoms with Crippen LogP contribution in [0.2, 0.25) is 5.02 Å². The van der Waals surface area contributed by atoms with E-state index in [0.29, 0.717) is 10.6 Å². The van der Waals surface area contributed by atoms with Gasteiger partial charge in [0.2, 0.25) is 0 Å². The highest BCUT2D eigenvalue weighted by atomic mass is 79.9. The van der Waals surface area contributed by atoms with Crippen LogP contribution in [0.15, 0.2) is 51.8 Å². The maximum absolute atomic E-state index is 12.1. The number of sulfonamides is 1. The highest BCUT2D eigenvalue weighted by molar-refractivity contribution is 9.10. The normalized spacial score (nSPS) is 11.3. The van der Waals surface area contributed by atoms with Crippen molar-refractivity contribution in [3.63, 3.8) is 0 Å². The van der Waals surface area contributed by atoms with E-state index >= 15 is 0 Å². The molecule has 128 valence electrons. The van der Waals surface area contributed by atoms with Gasteiger partial charge >= 0.3 is 0 Å². The van der Waals surface area contributed by atoms with Gasteiger partial charge in [-0.05, 0) is 42.0 Å². The number of carbonyl (C=O) groups is 1. The van der Waals surface area contributed by atoms with Gasteiger partial charge in [0.25, 0.3) is 15.9 Å². The number of rotatable bonds is 6. The molecule has 0 saturated heterocycles. The highest BCUT2D eigenvalue weighted by Gasteiger charge is 2.14. The first kappa shape index (κ1) is 18.9. The second kappa shape index (κ2) is 8.09. The minimum absolute atomic E-state index is 0.00291. The van der Waals surface area contributed by atoms with E-state index in [1.165, 1.54) is 31.4 Å². The molecule has 0 saturated carbocycles. The molecular weight excluding hydrogens is 420 g/mol. The smallest absolute Gasteiger partial charge is 0.262 e. The van der Waals surface area contributed by atoms with Gasteiger partial charge in [-0.2, -0.15) is 0 Å². The molecule has 0 aliphatic carbocycles. The van der Waals surface area contributed by atoms with Gasteiger partial charge in [-0.3, -0.25) is 9.63 Å². The van der Waals surface area contributed by atoms with Crippen LogP contribution in [0.25, 0.3) is 0 Å². The zero-order chi connectivity index (χ0) is 17.7. The Bertz CT molecular complexity index is 841. The molecule has 0 unspecified atom stereocenters. The Morgan fingerprint density at radius 2 is 1.88 bits per heavy atom. The standard InChI is InChI=1S/C15H14BrClN2O4S/c1-23-19-24(21,22)13-6-3-10(4-7-13)15(20)18-9-11-2-5-12(16)8-14(11)17/h2-8,19H,9H2,1H3,(H,18,20). The van der Waals surface area contributed by atoms with Crippen LogP contribution in [-0.4, -0.2) is 21.4 Å². The third kappa shape index (κ3) is 4.78. The lowest BCUT2D eigenvalue weighted by atomic mass is 10.2. The predicted octanol–water partition coefficient (Wildman–Crippen LogP) is 2.87. The first-order valence-corrected chi connectivity index (χ1v) is 9.36. The Morgan fingerprint density at radius 1 is 1.21 bits per heavy atom. The Morgan fingerprint density at radius 3 is 2.46 bits per heavy atom.